The third-order valence-electron chi connectivity index (χ3n) is 2.68. The largest absolute Gasteiger partial charge is 0.426 e. The Morgan fingerprint density at radius 2 is 2.40 bits per heavy atom. The van der Waals surface area contributed by atoms with E-state index in [0.29, 0.717) is 12.2 Å². The molecule has 2 nitrogen and oxygen atoms in total. The zero-order valence-electron chi connectivity index (χ0n) is 8.82. The minimum atomic E-state index is -0.133. The molecule has 78 valence electrons. The van der Waals surface area contributed by atoms with Gasteiger partial charge in [-0.25, -0.2) is 0 Å². The normalized spacial score (nSPS) is 19.3. The molecule has 1 unspecified atom stereocenters. The minimum absolute atomic E-state index is 0.0585. The van der Waals surface area contributed by atoms with Gasteiger partial charge < -0.3 is 4.74 Å². The first kappa shape index (κ1) is 9.97. The molecule has 0 N–H and O–H groups in total. The smallest absolute Gasteiger partial charge is 0.314 e. The number of ether oxygens (including phenoxy) is 1. The monoisotopic (exact) mass is 202 g/mol. The summed E-state index contributed by atoms with van der Waals surface area (Å²) in [6.07, 6.45) is 3.22. The van der Waals surface area contributed by atoms with Crippen molar-refractivity contribution in [1.29, 1.82) is 0 Å². The van der Waals surface area contributed by atoms with Gasteiger partial charge in [-0.2, -0.15) is 0 Å². The number of esters is 1. The molecule has 0 aliphatic carbocycles. The Balaban J connectivity index is 2.30. The highest BCUT2D eigenvalue weighted by Gasteiger charge is 2.27. The summed E-state index contributed by atoms with van der Waals surface area (Å²) >= 11 is 0. The number of hydrogen-bond donors (Lipinski definition) is 0. The Kier molecular flexibility index (Phi) is 2.58. The van der Waals surface area contributed by atoms with Crippen LogP contribution in [0.1, 0.15) is 17.5 Å². The summed E-state index contributed by atoms with van der Waals surface area (Å²) in [5.74, 6) is 0.522. The van der Waals surface area contributed by atoms with E-state index in [1.165, 1.54) is 5.56 Å². The Morgan fingerprint density at radius 1 is 1.60 bits per heavy atom. The van der Waals surface area contributed by atoms with Crippen LogP contribution in [-0.2, 0) is 11.2 Å². The van der Waals surface area contributed by atoms with Crippen molar-refractivity contribution in [3.8, 4) is 5.75 Å². The second-order valence-electron chi connectivity index (χ2n) is 3.96. The van der Waals surface area contributed by atoms with Crippen molar-refractivity contribution >= 4 is 5.97 Å². The van der Waals surface area contributed by atoms with Gasteiger partial charge in [0.15, 0.2) is 0 Å². The van der Waals surface area contributed by atoms with Crippen LogP contribution in [0, 0.1) is 12.8 Å². The fraction of sp³-hybridized carbons (Fsp3) is 0.308. The van der Waals surface area contributed by atoms with Gasteiger partial charge in [-0.15, -0.1) is 6.58 Å². The standard InChI is InChI=1S/C13H14O2/c1-3-4-10-8-11-7-9(2)5-6-12(11)15-13(10)14/h3,5-7,10H,1,4,8H2,2H3. The molecule has 2 heteroatoms. The second-order valence-corrected chi connectivity index (χ2v) is 3.96. The van der Waals surface area contributed by atoms with Crippen molar-refractivity contribution in [3.05, 3.63) is 42.0 Å². The molecular weight excluding hydrogens is 188 g/mol. The van der Waals surface area contributed by atoms with Gasteiger partial charge in [-0.1, -0.05) is 23.8 Å². The van der Waals surface area contributed by atoms with Crippen LogP contribution in [0.4, 0.5) is 0 Å². The van der Waals surface area contributed by atoms with Gasteiger partial charge in [0.1, 0.15) is 5.75 Å². The van der Waals surface area contributed by atoms with Crippen LogP contribution in [0.25, 0.3) is 0 Å². The summed E-state index contributed by atoms with van der Waals surface area (Å²) in [4.78, 5) is 11.6. The topological polar surface area (TPSA) is 26.3 Å². The summed E-state index contributed by atoms with van der Waals surface area (Å²) in [6.45, 7) is 5.70. The molecule has 0 fully saturated rings. The number of fused-ring (bicyclic) bond motifs is 1. The fourth-order valence-corrected chi connectivity index (χ4v) is 1.89. The van der Waals surface area contributed by atoms with Crippen molar-refractivity contribution in [2.24, 2.45) is 5.92 Å². The maximum atomic E-state index is 11.6. The number of carbonyl (C=O) groups excluding carboxylic acids is 1. The van der Waals surface area contributed by atoms with Crippen LogP contribution < -0.4 is 4.74 Å². The van der Waals surface area contributed by atoms with Crippen molar-refractivity contribution in [3.63, 3.8) is 0 Å². The van der Waals surface area contributed by atoms with Crippen LogP contribution in [0.2, 0.25) is 0 Å². The number of carbonyl (C=O) groups is 1. The minimum Gasteiger partial charge on any atom is -0.426 e. The zero-order valence-corrected chi connectivity index (χ0v) is 8.82. The summed E-state index contributed by atoms with van der Waals surface area (Å²) in [5, 5.41) is 0. The Bertz CT molecular complexity index is 407. The summed E-state index contributed by atoms with van der Waals surface area (Å²) in [5.41, 5.74) is 2.32. The van der Waals surface area contributed by atoms with E-state index in [1.54, 1.807) is 6.08 Å². The molecule has 1 aromatic rings. The third kappa shape index (κ3) is 1.94. The first-order valence-electron chi connectivity index (χ1n) is 5.13. The van der Waals surface area contributed by atoms with Gasteiger partial charge >= 0.3 is 5.97 Å². The average molecular weight is 202 g/mol. The van der Waals surface area contributed by atoms with Gasteiger partial charge in [-0.3, -0.25) is 4.79 Å². The quantitative estimate of drug-likeness (QED) is 0.418. The summed E-state index contributed by atoms with van der Waals surface area (Å²) in [6, 6.07) is 5.91. The van der Waals surface area contributed by atoms with E-state index in [2.05, 4.69) is 12.6 Å². The lowest BCUT2D eigenvalue weighted by Gasteiger charge is -2.22. The van der Waals surface area contributed by atoms with Gasteiger partial charge in [0.25, 0.3) is 0 Å². The molecule has 0 amide bonds. The molecule has 0 aromatic heterocycles. The highest BCUT2D eigenvalue weighted by Crippen LogP contribution is 2.30. The van der Waals surface area contributed by atoms with Crippen molar-refractivity contribution in [1.82, 2.24) is 0 Å². The number of hydrogen-bond acceptors (Lipinski definition) is 2. The third-order valence-corrected chi connectivity index (χ3v) is 2.68. The first-order valence-corrected chi connectivity index (χ1v) is 5.13. The van der Waals surface area contributed by atoms with Crippen LogP contribution in [0.5, 0.6) is 5.75 Å². The maximum absolute atomic E-state index is 11.6. The van der Waals surface area contributed by atoms with Gasteiger partial charge in [0.05, 0.1) is 5.92 Å². The van der Waals surface area contributed by atoms with E-state index in [0.717, 1.165) is 12.0 Å². The molecule has 0 saturated heterocycles. The van der Waals surface area contributed by atoms with Gasteiger partial charge in [0.2, 0.25) is 0 Å². The SMILES string of the molecule is C=CCC1Cc2cc(C)ccc2OC1=O. The molecule has 1 atom stereocenters. The van der Waals surface area contributed by atoms with E-state index in [-0.39, 0.29) is 11.9 Å². The predicted molar refractivity (Wildman–Crippen MR) is 58.8 cm³/mol. The van der Waals surface area contributed by atoms with Crippen molar-refractivity contribution in [2.45, 2.75) is 19.8 Å². The summed E-state index contributed by atoms with van der Waals surface area (Å²) < 4.78 is 5.27. The average Bonchev–Trinajstić information content (AvgIpc) is 2.20. The Hall–Kier alpha value is -1.57. The lowest BCUT2D eigenvalue weighted by atomic mass is 9.92. The van der Waals surface area contributed by atoms with E-state index < -0.39 is 0 Å². The predicted octanol–water partition coefficient (Wildman–Crippen LogP) is 2.65. The second kappa shape index (κ2) is 3.89. The molecular formula is C13H14O2. The maximum Gasteiger partial charge on any atom is 0.314 e. The molecule has 1 heterocycles. The van der Waals surface area contributed by atoms with Crippen LogP contribution in [-0.4, -0.2) is 5.97 Å². The van der Waals surface area contributed by atoms with Gasteiger partial charge in [0, 0.05) is 0 Å². The first-order chi connectivity index (χ1) is 7.20. The lowest BCUT2D eigenvalue weighted by Crippen LogP contribution is -2.27. The lowest BCUT2D eigenvalue weighted by molar-refractivity contribution is -0.140. The van der Waals surface area contributed by atoms with E-state index >= 15 is 0 Å². The van der Waals surface area contributed by atoms with Crippen molar-refractivity contribution < 1.29 is 9.53 Å². The number of benzene rings is 1. The molecule has 0 radical (unpaired) electrons. The number of aryl methyl sites for hydroxylation is 1. The van der Waals surface area contributed by atoms with E-state index in [4.69, 9.17) is 4.74 Å². The van der Waals surface area contributed by atoms with E-state index in [1.807, 2.05) is 19.1 Å². The van der Waals surface area contributed by atoms with Crippen LogP contribution in [0.3, 0.4) is 0 Å². The van der Waals surface area contributed by atoms with E-state index in [9.17, 15) is 4.79 Å². The molecule has 2 rings (SSSR count). The number of rotatable bonds is 2. The fourth-order valence-electron chi connectivity index (χ4n) is 1.89. The highest BCUT2D eigenvalue weighted by atomic mass is 16.5. The number of allylic oxidation sites excluding steroid dienone is 1. The van der Waals surface area contributed by atoms with Crippen LogP contribution >= 0.6 is 0 Å². The Labute approximate surface area is 89.6 Å². The molecule has 0 bridgehead atoms. The van der Waals surface area contributed by atoms with Crippen molar-refractivity contribution in [2.75, 3.05) is 0 Å². The highest BCUT2D eigenvalue weighted by molar-refractivity contribution is 5.78. The molecule has 0 saturated carbocycles. The van der Waals surface area contributed by atoms with Gasteiger partial charge in [-0.05, 0) is 31.4 Å². The summed E-state index contributed by atoms with van der Waals surface area (Å²) in [7, 11) is 0. The van der Waals surface area contributed by atoms with Crippen LogP contribution in [0.15, 0.2) is 30.9 Å². The zero-order chi connectivity index (χ0) is 10.8. The molecule has 1 aliphatic rings. The molecule has 1 aromatic carbocycles. The molecule has 0 spiro atoms. The molecule has 15 heavy (non-hydrogen) atoms. The Morgan fingerprint density at radius 3 is 3.13 bits per heavy atom. The molecule has 1 aliphatic heterocycles.